The van der Waals surface area contributed by atoms with Crippen LogP contribution in [0, 0.1) is 5.92 Å². The van der Waals surface area contributed by atoms with Crippen LogP contribution in [0.2, 0.25) is 0 Å². The summed E-state index contributed by atoms with van der Waals surface area (Å²) < 4.78 is 0. The van der Waals surface area contributed by atoms with Crippen molar-refractivity contribution in [1.82, 2.24) is 4.90 Å². The predicted octanol–water partition coefficient (Wildman–Crippen LogP) is 3.66. The summed E-state index contributed by atoms with van der Waals surface area (Å²) in [5.41, 5.74) is 0. The molecule has 2 heterocycles. The maximum atomic E-state index is 6.27. The van der Waals surface area contributed by atoms with Gasteiger partial charge in [0.2, 0.25) is 0 Å². The first-order chi connectivity index (χ1) is 7.16. The highest BCUT2D eigenvalue weighted by Crippen LogP contribution is 2.37. The van der Waals surface area contributed by atoms with Crippen molar-refractivity contribution in [2.24, 2.45) is 5.92 Å². The Kier molecular flexibility index (Phi) is 3.95. The number of alkyl halides is 1. The SMILES string of the molecule is CC(C)CCCN1C2CCC1CC(Cl)C2. The average molecular weight is 230 g/mol. The van der Waals surface area contributed by atoms with Crippen LogP contribution in [0.1, 0.15) is 52.4 Å². The summed E-state index contributed by atoms with van der Waals surface area (Å²) in [4.78, 5) is 2.75. The van der Waals surface area contributed by atoms with Crippen LogP contribution in [0.15, 0.2) is 0 Å². The molecule has 0 radical (unpaired) electrons. The van der Waals surface area contributed by atoms with Crippen LogP contribution >= 0.6 is 11.6 Å². The first kappa shape index (κ1) is 11.7. The molecule has 0 aromatic heterocycles. The molecule has 2 unspecified atom stereocenters. The van der Waals surface area contributed by atoms with E-state index in [-0.39, 0.29) is 0 Å². The van der Waals surface area contributed by atoms with Gasteiger partial charge in [0.1, 0.15) is 0 Å². The van der Waals surface area contributed by atoms with E-state index in [9.17, 15) is 0 Å². The highest BCUT2D eigenvalue weighted by atomic mass is 35.5. The third-order valence-corrected chi connectivity index (χ3v) is 4.38. The molecule has 0 aromatic rings. The topological polar surface area (TPSA) is 3.24 Å². The molecule has 0 amide bonds. The largest absolute Gasteiger partial charge is 0.297 e. The number of fused-ring (bicyclic) bond motifs is 2. The Morgan fingerprint density at radius 3 is 2.33 bits per heavy atom. The van der Waals surface area contributed by atoms with E-state index in [0.29, 0.717) is 5.38 Å². The lowest BCUT2D eigenvalue weighted by Gasteiger charge is -2.37. The van der Waals surface area contributed by atoms with Crippen molar-refractivity contribution in [2.75, 3.05) is 6.54 Å². The molecular weight excluding hydrogens is 206 g/mol. The molecule has 0 N–H and O–H groups in total. The zero-order valence-electron chi connectivity index (χ0n) is 10.1. The molecule has 2 aliphatic heterocycles. The van der Waals surface area contributed by atoms with Gasteiger partial charge in [-0.05, 0) is 51.0 Å². The Bertz CT molecular complexity index is 191. The fourth-order valence-corrected chi connectivity index (χ4v) is 3.67. The third kappa shape index (κ3) is 2.88. The maximum Gasteiger partial charge on any atom is 0.0365 e. The predicted molar refractivity (Wildman–Crippen MR) is 66.5 cm³/mol. The van der Waals surface area contributed by atoms with Gasteiger partial charge < -0.3 is 0 Å². The molecule has 15 heavy (non-hydrogen) atoms. The zero-order chi connectivity index (χ0) is 10.8. The molecule has 2 heteroatoms. The zero-order valence-corrected chi connectivity index (χ0v) is 10.8. The Labute approximate surface area is 99.2 Å². The molecule has 2 saturated heterocycles. The number of hydrogen-bond acceptors (Lipinski definition) is 1. The smallest absolute Gasteiger partial charge is 0.0365 e. The lowest BCUT2D eigenvalue weighted by molar-refractivity contribution is 0.138. The number of rotatable bonds is 4. The summed E-state index contributed by atoms with van der Waals surface area (Å²) in [6.45, 7) is 5.95. The Morgan fingerprint density at radius 2 is 1.80 bits per heavy atom. The van der Waals surface area contributed by atoms with Crippen LogP contribution in [0.5, 0.6) is 0 Å². The first-order valence-corrected chi connectivity index (χ1v) is 7.00. The molecule has 0 aliphatic carbocycles. The van der Waals surface area contributed by atoms with E-state index in [0.717, 1.165) is 18.0 Å². The Balaban J connectivity index is 1.78. The summed E-state index contributed by atoms with van der Waals surface area (Å²) >= 11 is 6.27. The number of hydrogen-bond donors (Lipinski definition) is 0. The molecule has 0 spiro atoms. The molecule has 2 aliphatic rings. The van der Waals surface area contributed by atoms with E-state index in [2.05, 4.69) is 18.7 Å². The Morgan fingerprint density at radius 1 is 1.20 bits per heavy atom. The summed E-state index contributed by atoms with van der Waals surface area (Å²) in [7, 11) is 0. The van der Waals surface area contributed by atoms with Crippen LogP contribution in [0.25, 0.3) is 0 Å². The van der Waals surface area contributed by atoms with Gasteiger partial charge in [0.05, 0.1) is 0 Å². The van der Waals surface area contributed by atoms with E-state index >= 15 is 0 Å². The molecular formula is C13H24ClN. The van der Waals surface area contributed by atoms with Gasteiger partial charge in [0.15, 0.2) is 0 Å². The molecule has 2 bridgehead atoms. The second-order valence-corrected chi connectivity index (χ2v) is 6.34. The lowest BCUT2D eigenvalue weighted by atomic mass is 10.0. The fourth-order valence-electron chi connectivity index (χ4n) is 3.25. The van der Waals surface area contributed by atoms with Gasteiger partial charge in [-0.2, -0.15) is 0 Å². The summed E-state index contributed by atoms with van der Waals surface area (Å²) in [5, 5.41) is 0.462. The van der Waals surface area contributed by atoms with Crippen molar-refractivity contribution in [3.63, 3.8) is 0 Å². The monoisotopic (exact) mass is 229 g/mol. The maximum absolute atomic E-state index is 6.27. The standard InChI is InChI=1S/C13H24ClN/c1-10(2)4-3-7-15-12-5-6-13(15)9-11(14)8-12/h10-13H,3-9H2,1-2H3. The summed E-state index contributed by atoms with van der Waals surface area (Å²) in [5.74, 6) is 0.855. The van der Waals surface area contributed by atoms with Gasteiger partial charge in [-0.3, -0.25) is 4.90 Å². The van der Waals surface area contributed by atoms with E-state index < -0.39 is 0 Å². The fraction of sp³-hybridized carbons (Fsp3) is 1.00. The first-order valence-electron chi connectivity index (χ1n) is 6.56. The molecule has 2 fully saturated rings. The normalized spacial score (nSPS) is 36.4. The van der Waals surface area contributed by atoms with Crippen LogP contribution in [0.3, 0.4) is 0 Å². The Hall–Kier alpha value is 0.250. The molecule has 1 nitrogen and oxygen atoms in total. The van der Waals surface area contributed by atoms with E-state index in [1.807, 2.05) is 0 Å². The minimum Gasteiger partial charge on any atom is -0.297 e. The van der Waals surface area contributed by atoms with Gasteiger partial charge in [-0.15, -0.1) is 11.6 Å². The van der Waals surface area contributed by atoms with Crippen LogP contribution < -0.4 is 0 Å². The van der Waals surface area contributed by atoms with Crippen LogP contribution in [-0.2, 0) is 0 Å². The van der Waals surface area contributed by atoms with Crippen LogP contribution in [-0.4, -0.2) is 28.9 Å². The van der Waals surface area contributed by atoms with Gasteiger partial charge in [0.25, 0.3) is 0 Å². The lowest BCUT2D eigenvalue weighted by Crippen LogP contribution is -2.43. The number of piperidine rings is 1. The average Bonchev–Trinajstić information content (AvgIpc) is 2.42. The van der Waals surface area contributed by atoms with Gasteiger partial charge in [-0.1, -0.05) is 13.8 Å². The molecule has 2 rings (SSSR count). The second kappa shape index (κ2) is 5.05. The summed E-state index contributed by atoms with van der Waals surface area (Å²) in [6, 6.07) is 1.64. The van der Waals surface area contributed by atoms with Crippen molar-refractivity contribution in [3.8, 4) is 0 Å². The van der Waals surface area contributed by atoms with E-state index in [4.69, 9.17) is 11.6 Å². The highest BCUT2D eigenvalue weighted by Gasteiger charge is 2.39. The van der Waals surface area contributed by atoms with Crippen LogP contribution in [0.4, 0.5) is 0 Å². The number of halogens is 1. The van der Waals surface area contributed by atoms with Crippen molar-refractivity contribution < 1.29 is 0 Å². The number of nitrogens with zero attached hydrogens (tertiary/aromatic N) is 1. The van der Waals surface area contributed by atoms with Crippen molar-refractivity contribution in [1.29, 1.82) is 0 Å². The quantitative estimate of drug-likeness (QED) is 0.666. The van der Waals surface area contributed by atoms with Crippen molar-refractivity contribution >= 4 is 11.6 Å². The summed E-state index contributed by atoms with van der Waals surface area (Å²) in [6.07, 6.45) is 8.02. The van der Waals surface area contributed by atoms with Gasteiger partial charge >= 0.3 is 0 Å². The molecule has 2 atom stereocenters. The van der Waals surface area contributed by atoms with Gasteiger partial charge in [0, 0.05) is 17.5 Å². The third-order valence-electron chi connectivity index (χ3n) is 4.02. The van der Waals surface area contributed by atoms with E-state index in [1.54, 1.807) is 0 Å². The molecule has 0 saturated carbocycles. The second-order valence-electron chi connectivity index (χ2n) is 5.73. The van der Waals surface area contributed by atoms with Gasteiger partial charge in [-0.25, -0.2) is 0 Å². The minimum atomic E-state index is 0.462. The van der Waals surface area contributed by atoms with Crippen molar-refractivity contribution in [3.05, 3.63) is 0 Å². The minimum absolute atomic E-state index is 0.462. The van der Waals surface area contributed by atoms with E-state index in [1.165, 1.54) is 45.1 Å². The molecule has 0 aromatic carbocycles. The van der Waals surface area contributed by atoms with Crippen molar-refractivity contribution in [2.45, 2.75) is 69.8 Å². The molecule has 88 valence electrons. The highest BCUT2D eigenvalue weighted by molar-refractivity contribution is 6.20.